The summed E-state index contributed by atoms with van der Waals surface area (Å²) in [5.74, 6) is 1.42. The van der Waals surface area contributed by atoms with Crippen molar-refractivity contribution in [2.75, 3.05) is 4.90 Å². The molecule has 2 aliphatic carbocycles. The molecule has 40 heavy (non-hydrogen) atoms. The van der Waals surface area contributed by atoms with Gasteiger partial charge in [0.15, 0.2) is 11.5 Å². The van der Waals surface area contributed by atoms with Crippen LogP contribution in [0.3, 0.4) is 0 Å². The van der Waals surface area contributed by atoms with Gasteiger partial charge in [-0.1, -0.05) is 84.9 Å². The standard InChI is InChI=1S/C37H22FNO/c38-23-17-19-27-28-20-18-24(39-33-13-5-7-15-35(33)40-36-16-8-6-14-34(36)39)22-32(28)37(31(27)21-23)29-11-3-1-9-25(29)26-10-2-4-12-30(26)37/h1-22H. The third-order valence-corrected chi connectivity index (χ3v) is 8.73. The van der Waals surface area contributed by atoms with E-state index in [1.165, 1.54) is 27.8 Å². The normalized spacial score (nSPS) is 14.5. The van der Waals surface area contributed by atoms with Crippen LogP contribution in [0, 0.1) is 5.82 Å². The van der Waals surface area contributed by atoms with Gasteiger partial charge in [0.05, 0.1) is 16.8 Å². The van der Waals surface area contributed by atoms with E-state index in [0.29, 0.717) is 0 Å². The van der Waals surface area contributed by atoms with Crippen LogP contribution >= 0.6 is 0 Å². The molecule has 9 rings (SSSR count). The van der Waals surface area contributed by atoms with Gasteiger partial charge in [0.2, 0.25) is 0 Å². The van der Waals surface area contributed by atoms with Crippen LogP contribution in [0.15, 0.2) is 133 Å². The zero-order valence-electron chi connectivity index (χ0n) is 21.4. The van der Waals surface area contributed by atoms with Crippen LogP contribution in [0.5, 0.6) is 11.5 Å². The molecule has 3 heteroatoms. The monoisotopic (exact) mass is 515 g/mol. The molecule has 6 aromatic carbocycles. The number of halogens is 1. The average Bonchev–Trinajstić information content (AvgIpc) is 3.46. The summed E-state index contributed by atoms with van der Waals surface area (Å²) in [7, 11) is 0. The van der Waals surface area contributed by atoms with Gasteiger partial charge < -0.3 is 9.64 Å². The first-order valence-electron chi connectivity index (χ1n) is 13.6. The van der Waals surface area contributed by atoms with E-state index in [1.807, 2.05) is 42.5 Å². The summed E-state index contributed by atoms with van der Waals surface area (Å²) in [4.78, 5) is 2.28. The molecule has 1 aliphatic heterocycles. The number of rotatable bonds is 1. The van der Waals surface area contributed by atoms with Gasteiger partial charge in [-0.15, -0.1) is 0 Å². The number of benzene rings is 6. The summed E-state index contributed by atoms with van der Waals surface area (Å²) in [5, 5.41) is 0. The number of ether oxygens (including phenoxy) is 1. The second-order valence-corrected chi connectivity index (χ2v) is 10.6. The van der Waals surface area contributed by atoms with Crippen LogP contribution in [0.1, 0.15) is 22.3 Å². The second-order valence-electron chi connectivity index (χ2n) is 10.6. The summed E-state index contributed by atoms with van der Waals surface area (Å²) < 4.78 is 21.3. The van der Waals surface area contributed by atoms with Crippen LogP contribution in [-0.2, 0) is 5.41 Å². The maximum Gasteiger partial charge on any atom is 0.151 e. The fourth-order valence-electron chi connectivity index (χ4n) is 7.22. The van der Waals surface area contributed by atoms with Crippen LogP contribution in [0.4, 0.5) is 21.5 Å². The Bertz CT molecular complexity index is 1930. The van der Waals surface area contributed by atoms with E-state index >= 15 is 4.39 Å². The van der Waals surface area contributed by atoms with Crippen LogP contribution in [0.25, 0.3) is 22.3 Å². The van der Waals surface area contributed by atoms with Crippen LogP contribution in [-0.4, -0.2) is 0 Å². The quantitative estimate of drug-likeness (QED) is 0.216. The number of hydrogen-bond acceptors (Lipinski definition) is 2. The molecular formula is C37H22FNO. The van der Waals surface area contributed by atoms with Gasteiger partial charge in [-0.25, -0.2) is 4.39 Å². The summed E-state index contributed by atoms with van der Waals surface area (Å²) in [6.07, 6.45) is 0. The molecule has 188 valence electrons. The molecule has 0 N–H and O–H groups in total. The lowest BCUT2D eigenvalue weighted by atomic mass is 9.70. The minimum Gasteiger partial charge on any atom is -0.453 e. The molecule has 0 bridgehead atoms. The van der Waals surface area contributed by atoms with E-state index in [0.717, 1.165) is 45.3 Å². The Morgan fingerprint density at radius 2 is 0.975 bits per heavy atom. The summed E-state index contributed by atoms with van der Waals surface area (Å²) in [5.41, 5.74) is 11.6. The van der Waals surface area contributed by atoms with Gasteiger partial charge in [0, 0.05) is 5.69 Å². The first kappa shape index (κ1) is 21.7. The molecule has 6 aromatic rings. The van der Waals surface area contributed by atoms with Crippen molar-refractivity contribution in [3.05, 3.63) is 162 Å². The summed E-state index contributed by atoms with van der Waals surface area (Å²) >= 11 is 0. The molecule has 0 amide bonds. The molecular weight excluding hydrogens is 493 g/mol. The Hall–Kier alpha value is -5.15. The number of para-hydroxylation sites is 4. The zero-order chi connectivity index (χ0) is 26.4. The van der Waals surface area contributed by atoms with Crippen molar-refractivity contribution in [2.45, 2.75) is 5.41 Å². The Balaban J connectivity index is 1.38. The van der Waals surface area contributed by atoms with Gasteiger partial charge in [-0.2, -0.15) is 0 Å². The Morgan fingerprint density at radius 3 is 1.62 bits per heavy atom. The third kappa shape index (κ3) is 2.62. The molecule has 0 saturated carbocycles. The van der Waals surface area contributed by atoms with Gasteiger partial charge in [0.25, 0.3) is 0 Å². The fourth-order valence-corrected chi connectivity index (χ4v) is 7.22. The van der Waals surface area contributed by atoms with Gasteiger partial charge in [0.1, 0.15) is 5.82 Å². The second kappa shape index (κ2) is 7.71. The van der Waals surface area contributed by atoms with Crippen molar-refractivity contribution in [1.82, 2.24) is 0 Å². The number of nitrogens with zero attached hydrogens (tertiary/aromatic N) is 1. The molecule has 2 nitrogen and oxygen atoms in total. The van der Waals surface area contributed by atoms with Crippen LogP contribution in [0.2, 0.25) is 0 Å². The van der Waals surface area contributed by atoms with Gasteiger partial charge in [-0.05, 0) is 93.0 Å². The van der Waals surface area contributed by atoms with Gasteiger partial charge >= 0.3 is 0 Å². The summed E-state index contributed by atoms with van der Waals surface area (Å²) in [6.45, 7) is 0. The van der Waals surface area contributed by atoms with Crippen molar-refractivity contribution in [1.29, 1.82) is 0 Å². The number of hydrogen-bond donors (Lipinski definition) is 0. The Morgan fingerprint density at radius 1 is 0.475 bits per heavy atom. The van der Waals surface area contributed by atoms with Crippen molar-refractivity contribution in [2.24, 2.45) is 0 Å². The summed E-state index contributed by atoms with van der Waals surface area (Å²) in [6, 6.07) is 45.5. The molecule has 0 radical (unpaired) electrons. The van der Waals surface area contributed by atoms with Crippen molar-refractivity contribution < 1.29 is 9.13 Å². The lowest BCUT2D eigenvalue weighted by molar-refractivity contribution is 0.477. The highest BCUT2D eigenvalue weighted by molar-refractivity contribution is 5.97. The van der Waals surface area contributed by atoms with Crippen molar-refractivity contribution >= 4 is 17.1 Å². The molecule has 0 saturated heterocycles. The van der Waals surface area contributed by atoms with E-state index in [-0.39, 0.29) is 5.82 Å². The highest BCUT2D eigenvalue weighted by Gasteiger charge is 2.52. The number of fused-ring (bicyclic) bond motifs is 12. The lowest BCUT2D eigenvalue weighted by Crippen LogP contribution is -2.26. The fraction of sp³-hybridized carbons (Fsp3) is 0.0270. The predicted octanol–water partition coefficient (Wildman–Crippen LogP) is 9.74. The van der Waals surface area contributed by atoms with Crippen molar-refractivity contribution in [3.63, 3.8) is 0 Å². The minimum atomic E-state index is -0.610. The minimum absolute atomic E-state index is 0.218. The highest BCUT2D eigenvalue weighted by atomic mass is 19.1. The largest absolute Gasteiger partial charge is 0.453 e. The highest BCUT2D eigenvalue weighted by Crippen LogP contribution is 2.63. The first-order chi connectivity index (χ1) is 19.7. The van der Waals surface area contributed by atoms with E-state index in [4.69, 9.17) is 4.74 Å². The van der Waals surface area contributed by atoms with Crippen molar-refractivity contribution in [3.8, 4) is 33.8 Å². The smallest absolute Gasteiger partial charge is 0.151 e. The predicted molar refractivity (Wildman–Crippen MR) is 157 cm³/mol. The lowest BCUT2D eigenvalue weighted by Gasteiger charge is -2.34. The maximum atomic E-state index is 15.1. The molecule has 0 unspecified atom stereocenters. The molecule has 3 aliphatic rings. The average molecular weight is 516 g/mol. The van der Waals surface area contributed by atoms with Gasteiger partial charge in [-0.3, -0.25) is 0 Å². The topological polar surface area (TPSA) is 12.5 Å². The van der Waals surface area contributed by atoms with Crippen LogP contribution < -0.4 is 9.64 Å². The SMILES string of the molecule is Fc1ccc2c(c1)C1(c3ccccc3-c3ccccc31)c1cc(N3c4ccccc4Oc4ccccc43)ccc1-2. The Labute approximate surface area is 231 Å². The third-order valence-electron chi connectivity index (χ3n) is 8.73. The number of anilines is 3. The van der Waals surface area contributed by atoms with E-state index < -0.39 is 5.41 Å². The maximum absolute atomic E-state index is 15.1. The molecule has 0 atom stereocenters. The zero-order valence-corrected chi connectivity index (χ0v) is 21.4. The first-order valence-corrected chi connectivity index (χ1v) is 13.6. The van der Waals surface area contributed by atoms with E-state index in [1.54, 1.807) is 12.1 Å². The molecule has 1 heterocycles. The molecule has 0 aromatic heterocycles. The molecule has 0 fully saturated rings. The van der Waals surface area contributed by atoms with E-state index in [9.17, 15) is 0 Å². The van der Waals surface area contributed by atoms with E-state index in [2.05, 4.69) is 83.8 Å². The Kier molecular flexibility index (Phi) is 4.19. The molecule has 1 spiro atoms.